The van der Waals surface area contributed by atoms with E-state index in [4.69, 9.17) is 0 Å². The van der Waals surface area contributed by atoms with Gasteiger partial charge >= 0.3 is 0 Å². The molecule has 0 aliphatic heterocycles. The minimum absolute atomic E-state index is 0.543. The molecule has 0 bridgehead atoms. The van der Waals surface area contributed by atoms with Crippen LogP contribution in [0, 0.1) is 11.8 Å². The number of hydrogen-bond donors (Lipinski definition) is 2. The van der Waals surface area contributed by atoms with E-state index >= 15 is 0 Å². The Balaban J connectivity index is 1.99. The van der Waals surface area contributed by atoms with Gasteiger partial charge in [0.05, 0.1) is 12.4 Å². The van der Waals surface area contributed by atoms with Gasteiger partial charge in [0.15, 0.2) is 0 Å². The lowest BCUT2D eigenvalue weighted by molar-refractivity contribution is 0.391. The van der Waals surface area contributed by atoms with Crippen molar-refractivity contribution in [1.29, 1.82) is 0 Å². The van der Waals surface area contributed by atoms with Crippen molar-refractivity contribution in [2.45, 2.75) is 46.1 Å². The quantitative estimate of drug-likeness (QED) is 0.840. The first-order chi connectivity index (χ1) is 8.74. The molecular formula is C14H24N4. The first-order valence-corrected chi connectivity index (χ1v) is 7.07. The third-order valence-electron chi connectivity index (χ3n) is 4.08. The highest BCUT2D eigenvalue weighted by atomic mass is 15.1. The summed E-state index contributed by atoms with van der Waals surface area (Å²) >= 11 is 0. The van der Waals surface area contributed by atoms with Gasteiger partial charge in [-0.2, -0.15) is 0 Å². The van der Waals surface area contributed by atoms with Crippen molar-refractivity contribution < 1.29 is 0 Å². The molecule has 1 saturated carbocycles. The Labute approximate surface area is 110 Å². The maximum atomic E-state index is 4.53. The molecule has 1 heterocycles. The van der Waals surface area contributed by atoms with Crippen LogP contribution >= 0.6 is 0 Å². The molecule has 0 saturated heterocycles. The van der Waals surface area contributed by atoms with Crippen molar-refractivity contribution in [1.82, 2.24) is 9.97 Å². The van der Waals surface area contributed by atoms with E-state index in [1.807, 2.05) is 6.20 Å². The summed E-state index contributed by atoms with van der Waals surface area (Å²) < 4.78 is 0. The average molecular weight is 248 g/mol. The zero-order chi connectivity index (χ0) is 13.0. The first kappa shape index (κ1) is 13.1. The third kappa shape index (κ3) is 2.92. The molecule has 1 aromatic heterocycles. The predicted molar refractivity (Wildman–Crippen MR) is 75.8 cm³/mol. The molecule has 2 rings (SSSR count). The third-order valence-corrected chi connectivity index (χ3v) is 4.08. The van der Waals surface area contributed by atoms with Gasteiger partial charge in [-0.25, -0.2) is 4.98 Å². The van der Waals surface area contributed by atoms with Gasteiger partial charge in [0.2, 0.25) is 0 Å². The van der Waals surface area contributed by atoms with Crippen LogP contribution in [0.3, 0.4) is 0 Å². The fourth-order valence-corrected chi connectivity index (χ4v) is 2.92. The summed E-state index contributed by atoms with van der Waals surface area (Å²) in [6.45, 7) is 7.57. The van der Waals surface area contributed by atoms with E-state index < -0.39 is 0 Å². The number of anilines is 2. The molecule has 0 spiro atoms. The molecule has 100 valence electrons. The number of nitrogens with zero attached hydrogens (tertiary/aromatic N) is 2. The van der Waals surface area contributed by atoms with E-state index in [0.717, 1.165) is 30.0 Å². The van der Waals surface area contributed by atoms with Crippen LogP contribution in [0.5, 0.6) is 0 Å². The van der Waals surface area contributed by atoms with Gasteiger partial charge in [0.25, 0.3) is 0 Å². The molecule has 1 fully saturated rings. The second kappa shape index (κ2) is 6.03. The van der Waals surface area contributed by atoms with Gasteiger partial charge in [-0.3, -0.25) is 4.98 Å². The van der Waals surface area contributed by atoms with Crippen LogP contribution in [-0.4, -0.2) is 22.6 Å². The molecule has 3 unspecified atom stereocenters. The molecule has 4 heteroatoms. The fourth-order valence-electron chi connectivity index (χ4n) is 2.92. The van der Waals surface area contributed by atoms with Crippen molar-refractivity contribution in [2.75, 3.05) is 17.2 Å². The number of nitrogens with one attached hydrogen (secondary N) is 2. The largest absolute Gasteiger partial charge is 0.369 e. The van der Waals surface area contributed by atoms with E-state index in [9.17, 15) is 0 Å². The van der Waals surface area contributed by atoms with E-state index in [2.05, 4.69) is 41.4 Å². The Kier molecular flexibility index (Phi) is 4.39. The Morgan fingerprint density at radius 3 is 2.67 bits per heavy atom. The molecule has 4 nitrogen and oxygen atoms in total. The lowest BCUT2D eigenvalue weighted by Crippen LogP contribution is -2.25. The molecule has 3 atom stereocenters. The van der Waals surface area contributed by atoms with Crippen LogP contribution in [0.4, 0.5) is 11.6 Å². The van der Waals surface area contributed by atoms with Crippen molar-refractivity contribution in [3.05, 3.63) is 12.4 Å². The smallest absolute Gasteiger partial charge is 0.147 e. The van der Waals surface area contributed by atoms with Crippen LogP contribution < -0.4 is 10.6 Å². The van der Waals surface area contributed by atoms with E-state index in [0.29, 0.717) is 6.04 Å². The highest BCUT2D eigenvalue weighted by Gasteiger charge is 2.31. The second-order valence-electron chi connectivity index (χ2n) is 5.18. The van der Waals surface area contributed by atoms with Gasteiger partial charge in [-0.05, 0) is 31.6 Å². The summed E-state index contributed by atoms with van der Waals surface area (Å²) in [6.07, 6.45) is 7.43. The summed E-state index contributed by atoms with van der Waals surface area (Å²) in [4.78, 5) is 8.75. The topological polar surface area (TPSA) is 49.8 Å². The average Bonchev–Trinajstić information content (AvgIpc) is 2.71. The SMILES string of the molecule is CCNc1cncc(NC2CCC(CC)C2C)n1. The fraction of sp³-hybridized carbons (Fsp3) is 0.714. The maximum Gasteiger partial charge on any atom is 0.147 e. The summed E-state index contributed by atoms with van der Waals surface area (Å²) in [5, 5.41) is 6.73. The number of aromatic nitrogens is 2. The lowest BCUT2D eigenvalue weighted by Gasteiger charge is -2.21. The maximum absolute atomic E-state index is 4.53. The molecule has 0 aromatic carbocycles. The molecule has 1 aromatic rings. The first-order valence-electron chi connectivity index (χ1n) is 7.07. The van der Waals surface area contributed by atoms with Crippen LogP contribution in [0.1, 0.15) is 40.0 Å². The summed E-state index contributed by atoms with van der Waals surface area (Å²) in [5.41, 5.74) is 0. The van der Waals surface area contributed by atoms with Gasteiger partial charge in [-0.1, -0.05) is 20.3 Å². The van der Waals surface area contributed by atoms with Crippen molar-refractivity contribution >= 4 is 11.6 Å². The molecular weight excluding hydrogens is 224 g/mol. The van der Waals surface area contributed by atoms with Gasteiger partial charge in [0.1, 0.15) is 11.6 Å². The number of rotatable bonds is 5. The molecule has 0 amide bonds. The highest BCUT2D eigenvalue weighted by molar-refractivity contribution is 5.42. The minimum atomic E-state index is 0.543. The molecule has 1 aliphatic rings. The summed E-state index contributed by atoms with van der Waals surface area (Å²) in [6, 6.07) is 0.543. The Morgan fingerprint density at radius 1 is 1.22 bits per heavy atom. The second-order valence-corrected chi connectivity index (χ2v) is 5.18. The standard InChI is InChI=1S/C14H24N4/c1-4-11-6-7-12(10(11)3)17-14-9-15-8-13(18-14)16-5-2/h8-12H,4-7H2,1-3H3,(H2,16,17,18). The lowest BCUT2D eigenvalue weighted by atomic mass is 9.93. The van der Waals surface area contributed by atoms with Crippen molar-refractivity contribution in [3.8, 4) is 0 Å². The normalized spacial score (nSPS) is 27.2. The van der Waals surface area contributed by atoms with E-state index in [1.165, 1.54) is 19.3 Å². The zero-order valence-electron chi connectivity index (χ0n) is 11.6. The van der Waals surface area contributed by atoms with Crippen molar-refractivity contribution in [3.63, 3.8) is 0 Å². The molecule has 18 heavy (non-hydrogen) atoms. The molecule has 0 radical (unpaired) electrons. The summed E-state index contributed by atoms with van der Waals surface area (Å²) in [5.74, 6) is 3.31. The van der Waals surface area contributed by atoms with Gasteiger partial charge in [0, 0.05) is 12.6 Å². The Morgan fingerprint density at radius 2 is 2.00 bits per heavy atom. The molecule has 1 aliphatic carbocycles. The van der Waals surface area contributed by atoms with Crippen LogP contribution in [0.2, 0.25) is 0 Å². The number of hydrogen-bond acceptors (Lipinski definition) is 4. The van der Waals surface area contributed by atoms with Gasteiger partial charge in [-0.15, -0.1) is 0 Å². The van der Waals surface area contributed by atoms with Crippen LogP contribution in [0.25, 0.3) is 0 Å². The van der Waals surface area contributed by atoms with E-state index in [-0.39, 0.29) is 0 Å². The summed E-state index contributed by atoms with van der Waals surface area (Å²) in [7, 11) is 0. The zero-order valence-corrected chi connectivity index (χ0v) is 11.6. The van der Waals surface area contributed by atoms with Gasteiger partial charge < -0.3 is 10.6 Å². The molecule has 2 N–H and O–H groups in total. The Hall–Kier alpha value is -1.32. The monoisotopic (exact) mass is 248 g/mol. The highest BCUT2D eigenvalue weighted by Crippen LogP contribution is 2.35. The van der Waals surface area contributed by atoms with Crippen molar-refractivity contribution in [2.24, 2.45) is 11.8 Å². The minimum Gasteiger partial charge on any atom is -0.369 e. The van der Waals surface area contributed by atoms with E-state index in [1.54, 1.807) is 6.20 Å². The van der Waals surface area contributed by atoms with Crippen LogP contribution in [-0.2, 0) is 0 Å². The predicted octanol–water partition coefficient (Wildman–Crippen LogP) is 3.15. The van der Waals surface area contributed by atoms with Crippen LogP contribution in [0.15, 0.2) is 12.4 Å². The Bertz CT molecular complexity index is 380.